The zero-order valence-electron chi connectivity index (χ0n) is 11.2. The standard InChI is InChI=1S/C13H20N4O/c1-4-18-9-13(2,3)8-17-12-7-10(14)5-6-11(12)15-16-17/h5-7H,4,8-9,14H2,1-3H3. The molecular weight excluding hydrogens is 228 g/mol. The Labute approximate surface area is 107 Å². The van der Waals surface area contributed by atoms with Crippen LogP contribution in [0.25, 0.3) is 11.0 Å². The molecule has 0 bridgehead atoms. The minimum Gasteiger partial charge on any atom is -0.399 e. The molecule has 0 spiro atoms. The van der Waals surface area contributed by atoms with Crippen LogP contribution in [-0.2, 0) is 11.3 Å². The van der Waals surface area contributed by atoms with Gasteiger partial charge in [-0.25, -0.2) is 4.68 Å². The van der Waals surface area contributed by atoms with Gasteiger partial charge in [0.25, 0.3) is 0 Å². The zero-order chi connectivity index (χ0) is 13.2. The first kappa shape index (κ1) is 12.8. The average Bonchev–Trinajstić information content (AvgIpc) is 2.69. The fourth-order valence-corrected chi connectivity index (χ4v) is 1.93. The summed E-state index contributed by atoms with van der Waals surface area (Å²) in [4.78, 5) is 0. The molecular formula is C13H20N4O. The lowest BCUT2D eigenvalue weighted by atomic mass is 9.95. The molecule has 2 N–H and O–H groups in total. The number of nitrogen functional groups attached to an aromatic ring is 1. The van der Waals surface area contributed by atoms with E-state index in [4.69, 9.17) is 10.5 Å². The van der Waals surface area contributed by atoms with Crippen LogP contribution in [0.15, 0.2) is 18.2 Å². The van der Waals surface area contributed by atoms with E-state index in [0.29, 0.717) is 6.61 Å². The molecule has 1 aromatic carbocycles. The zero-order valence-corrected chi connectivity index (χ0v) is 11.2. The molecule has 0 radical (unpaired) electrons. The largest absolute Gasteiger partial charge is 0.399 e. The predicted molar refractivity (Wildman–Crippen MR) is 72.2 cm³/mol. The van der Waals surface area contributed by atoms with E-state index in [1.54, 1.807) is 0 Å². The lowest BCUT2D eigenvalue weighted by Gasteiger charge is -2.24. The highest BCUT2D eigenvalue weighted by atomic mass is 16.5. The Balaban J connectivity index is 2.23. The van der Waals surface area contributed by atoms with Gasteiger partial charge in [-0.3, -0.25) is 0 Å². The van der Waals surface area contributed by atoms with E-state index in [9.17, 15) is 0 Å². The first-order valence-electron chi connectivity index (χ1n) is 6.18. The molecule has 1 heterocycles. The smallest absolute Gasteiger partial charge is 0.113 e. The van der Waals surface area contributed by atoms with Gasteiger partial charge in [-0.05, 0) is 25.1 Å². The van der Waals surface area contributed by atoms with E-state index in [1.807, 2.05) is 29.8 Å². The number of hydrogen-bond acceptors (Lipinski definition) is 4. The Hall–Kier alpha value is -1.62. The number of ether oxygens (including phenoxy) is 1. The van der Waals surface area contributed by atoms with Crippen molar-refractivity contribution in [2.45, 2.75) is 27.3 Å². The molecule has 0 saturated heterocycles. The van der Waals surface area contributed by atoms with Crippen LogP contribution >= 0.6 is 0 Å². The maximum atomic E-state index is 5.80. The Morgan fingerprint density at radius 1 is 1.39 bits per heavy atom. The fraction of sp³-hybridized carbons (Fsp3) is 0.538. The van der Waals surface area contributed by atoms with Crippen LogP contribution in [0.3, 0.4) is 0 Å². The molecule has 0 unspecified atom stereocenters. The lowest BCUT2D eigenvalue weighted by molar-refractivity contribution is 0.0594. The molecule has 0 atom stereocenters. The van der Waals surface area contributed by atoms with Crippen LogP contribution in [0.2, 0.25) is 0 Å². The summed E-state index contributed by atoms with van der Waals surface area (Å²) in [6.45, 7) is 8.50. The number of aromatic nitrogens is 3. The summed E-state index contributed by atoms with van der Waals surface area (Å²) in [7, 11) is 0. The summed E-state index contributed by atoms with van der Waals surface area (Å²) in [6.07, 6.45) is 0. The van der Waals surface area contributed by atoms with Gasteiger partial charge in [-0.15, -0.1) is 5.10 Å². The predicted octanol–water partition coefficient (Wildman–Crippen LogP) is 2.08. The Morgan fingerprint density at radius 3 is 2.89 bits per heavy atom. The average molecular weight is 248 g/mol. The molecule has 98 valence electrons. The highest BCUT2D eigenvalue weighted by Gasteiger charge is 2.20. The second-order valence-corrected chi connectivity index (χ2v) is 5.30. The molecule has 0 amide bonds. The molecule has 0 fully saturated rings. The topological polar surface area (TPSA) is 66.0 Å². The van der Waals surface area contributed by atoms with Gasteiger partial charge in [-0.2, -0.15) is 0 Å². The van der Waals surface area contributed by atoms with Crippen LogP contribution in [-0.4, -0.2) is 28.2 Å². The Bertz CT molecular complexity index is 533. The number of fused-ring (bicyclic) bond motifs is 1. The maximum absolute atomic E-state index is 5.80. The van der Waals surface area contributed by atoms with Crippen LogP contribution in [0.4, 0.5) is 5.69 Å². The minimum absolute atomic E-state index is 0.0151. The molecule has 2 aromatic rings. The van der Waals surface area contributed by atoms with Crippen LogP contribution < -0.4 is 5.73 Å². The van der Waals surface area contributed by atoms with E-state index >= 15 is 0 Å². The van der Waals surface area contributed by atoms with Crippen molar-refractivity contribution in [2.24, 2.45) is 5.41 Å². The number of benzene rings is 1. The van der Waals surface area contributed by atoms with Gasteiger partial charge < -0.3 is 10.5 Å². The van der Waals surface area contributed by atoms with E-state index in [-0.39, 0.29) is 5.41 Å². The molecule has 1 aromatic heterocycles. The van der Waals surface area contributed by atoms with E-state index in [1.165, 1.54) is 0 Å². The number of nitrogens with two attached hydrogens (primary N) is 1. The second-order valence-electron chi connectivity index (χ2n) is 5.30. The van der Waals surface area contributed by atoms with Crippen molar-refractivity contribution < 1.29 is 4.74 Å². The minimum atomic E-state index is 0.0151. The molecule has 0 aliphatic heterocycles. The van der Waals surface area contributed by atoms with Gasteiger partial charge in [0.1, 0.15) is 5.52 Å². The lowest BCUT2D eigenvalue weighted by Crippen LogP contribution is -2.26. The van der Waals surface area contributed by atoms with Crippen molar-refractivity contribution in [3.05, 3.63) is 18.2 Å². The van der Waals surface area contributed by atoms with Crippen molar-refractivity contribution >= 4 is 16.7 Å². The molecule has 0 aliphatic rings. The fourth-order valence-electron chi connectivity index (χ4n) is 1.93. The summed E-state index contributed by atoms with van der Waals surface area (Å²) in [5.41, 5.74) is 8.39. The summed E-state index contributed by atoms with van der Waals surface area (Å²) in [6, 6.07) is 5.64. The van der Waals surface area contributed by atoms with Gasteiger partial charge in [0.2, 0.25) is 0 Å². The summed E-state index contributed by atoms with van der Waals surface area (Å²) in [5, 5.41) is 8.33. The first-order chi connectivity index (χ1) is 8.52. The second kappa shape index (κ2) is 4.94. The summed E-state index contributed by atoms with van der Waals surface area (Å²) < 4.78 is 7.39. The summed E-state index contributed by atoms with van der Waals surface area (Å²) in [5.74, 6) is 0. The van der Waals surface area contributed by atoms with Crippen LogP contribution in [0, 0.1) is 5.41 Å². The molecule has 18 heavy (non-hydrogen) atoms. The van der Waals surface area contributed by atoms with Crippen LogP contribution in [0.5, 0.6) is 0 Å². The Kier molecular flexibility index (Phi) is 3.52. The van der Waals surface area contributed by atoms with Crippen molar-refractivity contribution in [3.8, 4) is 0 Å². The number of anilines is 1. The van der Waals surface area contributed by atoms with Gasteiger partial charge in [0, 0.05) is 17.7 Å². The van der Waals surface area contributed by atoms with Gasteiger partial charge >= 0.3 is 0 Å². The van der Waals surface area contributed by atoms with Crippen LogP contribution in [0.1, 0.15) is 20.8 Å². The van der Waals surface area contributed by atoms with Crippen molar-refractivity contribution in [2.75, 3.05) is 18.9 Å². The van der Waals surface area contributed by atoms with Crippen molar-refractivity contribution in [1.82, 2.24) is 15.0 Å². The highest BCUT2D eigenvalue weighted by Crippen LogP contribution is 2.22. The molecule has 5 heteroatoms. The molecule has 2 rings (SSSR count). The third kappa shape index (κ3) is 2.79. The van der Waals surface area contributed by atoms with Gasteiger partial charge in [0.05, 0.1) is 18.7 Å². The third-order valence-electron chi connectivity index (χ3n) is 2.81. The number of rotatable bonds is 5. The number of nitrogens with zero attached hydrogens (tertiary/aromatic N) is 3. The quantitative estimate of drug-likeness (QED) is 0.823. The third-order valence-corrected chi connectivity index (χ3v) is 2.81. The first-order valence-corrected chi connectivity index (χ1v) is 6.18. The highest BCUT2D eigenvalue weighted by molar-refractivity contribution is 5.78. The van der Waals surface area contributed by atoms with E-state index in [2.05, 4.69) is 24.2 Å². The molecule has 0 aliphatic carbocycles. The number of hydrogen-bond donors (Lipinski definition) is 1. The van der Waals surface area contributed by atoms with E-state index < -0.39 is 0 Å². The van der Waals surface area contributed by atoms with Crippen molar-refractivity contribution in [3.63, 3.8) is 0 Å². The Morgan fingerprint density at radius 2 is 2.17 bits per heavy atom. The van der Waals surface area contributed by atoms with Crippen molar-refractivity contribution in [1.29, 1.82) is 0 Å². The molecule has 5 nitrogen and oxygen atoms in total. The summed E-state index contributed by atoms with van der Waals surface area (Å²) >= 11 is 0. The van der Waals surface area contributed by atoms with Gasteiger partial charge in [0.15, 0.2) is 0 Å². The SMILES string of the molecule is CCOCC(C)(C)Cn1nnc2ccc(N)cc21. The normalized spacial score (nSPS) is 12.2. The molecule has 0 saturated carbocycles. The van der Waals surface area contributed by atoms with Gasteiger partial charge in [-0.1, -0.05) is 19.1 Å². The maximum Gasteiger partial charge on any atom is 0.113 e. The van der Waals surface area contributed by atoms with E-state index in [0.717, 1.165) is 29.9 Å². The monoisotopic (exact) mass is 248 g/mol.